The molecule has 3 N–H and O–H groups in total. The number of aliphatic carboxylic acids is 1. The number of aliphatic hydroxyl groups excluding tert-OH is 2. The fourth-order valence-corrected chi connectivity index (χ4v) is 9.48. The van der Waals surface area contributed by atoms with Crippen LogP contribution in [0.4, 0.5) is 0 Å². The van der Waals surface area contributed by atoms with E-state index in [1.807, 2.05) is 0 Å². The van der Waals surface area contributed by atoms with Crippen molar-refractivity contribution in [1.29, 1.82) is 0 Å². The Bertz CT molecular complexity index is 649. The van der Waals surface area contributed by atoms with Gasteiger partial charge in [0.1, 0.15) is 0 Å². The van der Waals surface area contributed by atoms with Crippen LogP contribution in [-0.2, 0) is 4.79 Å². The summed E-state index contributed by atoms with van der Waals surface area (Å²) >= 11 is 0. The molecule has 0 aromatic heterocycles. The summed E-state index contributed by atoms with van der Waals surface area (Å²) in [5.41, 5.74) is 0.480. The second-order valence-corrected chi connectivity index (χ2v) is 12.0. The number of hydrogen-bond acceptors (Lipinski definition) is 3. The number of carboxylic acids is 1. The fourth-order valence-electron chi connectivity index (χ4n) is 9.48. The Morgan fingerprint density at radius 2 is 1.67 bits per heavy atom. The van der Waals surface area contributed by atoms with Gasteiger partial charge in [0, 0.05) is 6.42 Å². The van der Waals surface area contributed by atoms with Crippen molar-refractivity contribution in [3.05, 3.63) is 0 Å². The van der Waals surface area contributed by atoms with Crippen LogP contribution in [0.1, 0.15) is 91.9 Å². The first-order valence-corrected chi connectivity index (χ1v) is 12.7. The van der Waals surface area contributed by atoms with Crippen LogP contribution in [0.3, 0.4) is 0 Å². The number of fused-ring (bicyclic) bond motifs is 5. The Kier molecular flexibility index (Phi) is 6.07. The fraction of sp³-hybridized carbons (Fsp3) is 0.962. The lowest BCUT2D eigenvalue weighted by Crippen LogP contribution is -2.62. The van der Waals surface area contributed by atoms with Gasteiger partial charge in [0.15, 0.2) is 0 Å². The molecule has 0 saturated heterocycles. The maximum absolute atomic E-state index is 11.7. The first-order valence-electron chi connectivity index (χ1n) is 12.7. The number of aliphatic hydroxyl groups is 2. The van der Waals surface area contributed by atoms with E-state index in [-0.39, 0.29) is 29.5 Å². The summed E-state index contributed by atoms with van der Waals surface area (Å²) in [4.78, 5) is 11.1. The monoisotopic (exact) mass is 420 g/mol. The standard InChI is InChI=1S/C26H44O4/c1-5-17-21-14-16(27)10-12-26(21,4)20-11-13-25(3)18(15(2)6-9-22(28)29)7-8-19(25)23(20)24(17)30/h15-21,23-24,27,30H,5-14H2,1-4H3,(H,28,29)/t15-,16-,17+,18-,19+,20+,21+,23+,24+,25-,26-/m1/s1. The Balaban J connectivity index is 1.61. The van der Waals surface area contributed by atoms with Crippen molar-refractivity contribution in [2.75, 3.05) is 0 Å². The lowest BCUT2D eigenvalue weighted by Gasteiger charge is -2.64. The molecule has 0 bridgehead atoms. The second kappa shape index (κ2) is 8.06. The zero-order valence-corrected chi connectivity index (χ0v) is 19.5. The van der Waals surface area contributed by atoms with Gasteiger partial charge in [-0.2, -0.15) is 0 Å². The minimum atomic E-state index is -0.683. The molecule has 4 aliphatic rings. The van der Waals surface area contributed by atoms with Gasteiger partial charge in [0.25, 0.3) is 0 Å². The summed E-state index contributed by atoms with van der Waals surface area (Å²) in [5, 5.41) is 31.3. The first-order chi connectivity index (χ1) is 14.1. The van der Waals surface area contributed by atoms with E-state index in [1.165, 1.54) is 25.7 Å². The Morgan fingerprint density at radius 3 is 2.33 bits per heavy atom. The summed E-state index contributed by atoms with van der Waals surface area (Å²) < 4.78 is 0. The number of rotatable bonds is 5. The van der Waals surface area contributed by atoms with Gasteiger partial charge in [-0.05, 0) is 104 Å². The van der Waals surface area contributed by atoms with Crippen LogP contribution in [-0.4, -0.2) is 33.5 Å². The van der Waals surface area contributed by atoms with Crippen LogP contribution in [0.2, 0.25) is 0 Å². The zero-order chi connectivity index (χ0) is 21.8. The van der Waals surface area contributed by atoms with Crippen LogP contribution in [0.15, 0.2) is 0 Å². The molecule has 30 heavy (non-hydrogen) atoms. The minimum absolute atomic E-state index is 0.194. The van der Waals surface area contributed by atoms with Gasteiger partial charge in [0.2, 0.25) is 0 Å². The quantitative estimate of drug-likeness (QED) is 0.577. The smallest absolute Gasteiger partial charge is 0.303 e. The molecule has 11 atom stereocenters. The van der Waals surface area contributed by atoms with Crippen molar-refractivity contribution < 1.29 is 20.1 Å². The molecule has 0 aromatic carbocycles. The van der Waals surface area contributed by atoms with Gasteiger partial charge in [-0.25, -0.2) is 0 Å². The van der Waals surface area contributed by atoms with Crippen LogP contribution in [0, 0.1) is 52.3 Å². The normalized spacial score (nSPS) is 51.5. The maximum atomic E-state index is 11.7. The van der Waals surface area contributed by atoms with Crippen molar-refractivity contribution in [2.24, 2.45) is 52.3 Å². The topological polar surface area (TPSA) is 77.8 Å². The van der Waals surface area contributed by atoms with Crippen molar-refractivity contribution in [2.45, 2.75) is 104 Å². The van der Waals surface area contributed by atoms with Gasteiger partial charge >= 0.3 is 5.97 Å². The molecule has 0 amide bonds. The summed E-state index contributed by atoms with van der Waals surface area (Å²) in [7, 11) is 0. The van der Waals surface area contributed by atoms with Gasteiger partial charge in [-0.3, -0.25) is 4.79 Å². The lowest BCUT2D eigenvalue weighted by atomic mass is 9.41. The lowest BCUT2D eigenvalue weighted by molar-refractivity contribution is -0.203. The summed E-state index contributed by atoms with van der Waals surface area (Å²) in [6, 6.07) is 0. The van der Waals surface area contributed by atoms with Gasteiger partial charge < -0.3 is 15.3 Å². The molecule has 4 heteroatoms. The van der Waals surface area contributed by atoms with E-state index in [9.17, 15) is 15.0 Å². The highest BCUT2D eigenvalue weighted by molar-refractivity contribution is 5.66. The third-order valence-corrected chi connectivity index (χ3v) is 11.0. The van der Waals surface area contributed by atoms with Gasteiger partial charge in [0.05, 0.1) is 12.2 Å². The van der Waals surface area contributed by atoms with Gasteiger partial charge in [-0.1, -0.05) is 34.1 Å². The minimum Gasteiger partial charge on any atom is -0.481 e. The van der Waals surface area contributed by atoms with Crippen LogP contribution in [0.25, 0.3) is 0 Å². The number of hydrogen-bond donors (Lipinski definition) is 3. The predicted molar refractivity (Wildman–Crippen MR) is 118 cm³/mol. The predicted octanol–water partition coefficient (Wildman–Crippen LogP) is 5.11. The Hall–Kier alpha value is -0.610. The third-order valence-electron chi connectivity index (χ3n) is 11.0. The second-order valence-electron chi connectivity index (χ2n) is 12.0. The molecule has 0 unspecified atom stereocenters. The molecule has 4 fully saturated rings. The Labute approximate surface area is 182 Å². The molecular formula is C26H44O4. The number of carbonyl (C=O) groups is 1. The van der Waals surface area contributed by atoms with E-state index >= 15 is 0 Å². The molecule has 0 radical (unpaired) electrons. The SMILES string of the molecule is CC[C@@H]1[C@H](O)[C@@H]2[C@H](CC[C@]3(C)[C@@H]([C@H](C)CCC(=O)O)CC[C@@H]23)[C@@]2(C)CC[C@@H](O)C[C@@H]12. The molecule has 0 spiro atoms. The zero-order valence-electron chi connectivity index (χ0n) is 19.5. The summed E-state index contributed by atoms with van der Waals surface area (Å²) in [5.74, 6) is 2.58. The molecule has 0 aromatic rings. The van der Waals surface area contributed by atoms with Crippen LogP contribution >= 0.6 is 0 Å². The molecule has 0 heterocycles. The highest BCUT2D eigenvalue weighted by Gasteiger charge is 2.64. The van der Waals surface area contributed by atoms with E-state index in [2.05, 4.69) is 27.7 Å². The van der Waals surface area contributed by atoms with E-state index in [1.54, 1.807) is 0 Å². The third kappa shape index (κ3) is 3.36. The maximum Gasteiger partial charge on any atom is 0.303 e. The van der Waals surface area contributed by atoms with Crippen LogP contribution in [0.5, 0.6) is 0 Å². The summed E-state index contributed by atoms with van der Waals surface area (Å²) in [6.45, 7) is 9.44. The molecular weight excluding hydrogens is 376 g/mol. The number of carboxylic acid groups (broad SMARTS) is 1. The molecule has 4 aliphatic carbocycles. The Morgan fingerprint density at radius 1 is 1.00 bits per heavy atom. The van der Waals surface area contributed by atoms with E-state index in [0.717, 1.165) is 32.1 Å². The average molecular weight is 421 g/mol. The molecule has 4 rings (SSSR count). The van der Waals surface area contributed by atoms with Gasteiger partial charge in [-0.15, -0.1) is 0 Å². The van der Waals surface area contributed by atoms with Crippen LogP contribution < -0.4 is 0 Å². The molecule has 172 valence electrons. The van der Waals surface area contributed by atoms with Crippen molar-refractivity contribution in [3.8, 4) is 0 Å². The average Bonchev–Trinajstić information content (AvgIpc) is 3.05. The van der Waals surface area contributed by atoms with E-state index in [0.29, 0.717) is 41.4 Å². The highest BCUT2D eigenvalue weighted by Crippen LogP contribution is 2.69. The van der Waals surface area contributed by atoms with Crippen molar-refractivity contribution >= 4 is 5.97 Å². The molecule has 4 nitrogen and oxygen atoms in total. The molecule has 4 saturated carbocycles. The summed E-state index contributed by atoms with van der Waals surface area (Å²) in [6.07, 6.45) is 9.27. The largest absolute Gasteiger partial charge is 0.481 e. The van der Waals surface area contributed by atoms with Crippen molar-refractivity contribution in [1.82, 2.24) is 0 Å². The van der Waals surface area contributed by atoms with E-state index < -0.39 is 5.97 Å². The first kappa shape index (κ1) is 22.6. The molecule has 0 aliphatic heterocycles. The van der Waals surface area contributed by atoms with E-state index in [4.69, 9.17) is 5.11 Å². The highest BCUT2D eigenvalue weighted by atomic mass is 16.4. The van der Waals surface area contributed by atoms with Crippen molar-refractivity contribution in [3.63, 3.8) is 0 Å².